The van der Waals surface area contributed by atoms with Gasteiger partial charge in [0, 0.05) is 0 Å². The minimum absolute atomic E-state index is 0.0138. The minimum atomic E-state index is -4.56. The van der Waals surface area contributed by atoms with Crippen molar-refractivity contribution < 1.29 is 22.3 Å². The summed E-state index contributed by atoms with van der Waals surface area (Å²) in [4.78, 5) is 0. The Morgan fingerprint density at radius 1 is 1.25 bits per heavy atom. The molecule has 1 N–H and O–H groups in total. The summed E-state index contributed by atoms with van der Waals surface area (Å²) in [5, 5.41) is 20.7. The number of halogens is 3. The molecule has 0 saturated carbocycles. The van der Waals surface area contributed by atoms with Crippen LogP contribution in [0.2, 0.25) is 0 Å². The zero-order valence-corrected chi connectivity index (χ0v) is 12.0. The van der Waals surface area contributed by atoms with Crippen LogP contribution in [0.5, 0.6) is 5.75 Å². The lowest BCUT2D eigenvalue weighted by Gasteiger charge is -2.13. The van der Waals surface area contributed by atoms with Crippen molar-refractivity contribution in [3.8, 4) is 17.9 Å². The van der Waals surface area contributed by atoms with E-state index in [0.717, 1.165) is 18.2 Å². The summed E-state index contributed by atoms with van der Waals surface area (Å²) in [5.41, 5.74) is 0.638. The van der Waals surface area contributed by atoms with E-state index in [-0.39, 0.29) is 18.0 Å². The lowest BCUT2D eigenvalue weighted by Crippen LogP contribution is -2.07. The fourth-order valence-electron chi connectivity index (χ4n) is 1.65. The van der Waals surface area contributed by atoms with E-state index in [0.29, 0.717) is 5.76 Å². The highest BCUT2D eigenvalue weighted by Gasteiger charge is 2.31. The van der Waals surface area contributed by atoms with Gasteiger partial charge in [0.25, 0.3) is 0 Å². The van der Waals surface area contributed by atoms with Crippen LogP contribution in [0.1, 0.15) is 11.3 Å². The third-order valence-corrected chi connectivity index (χ3v) is 2.76. The van der Waals surface area contributed by atoms with Crippen LogP contribution < -0.4 is 10.2 Å². The van der Waals surface area contributed by atoms with Crippen LogP contribution in [0, 0.1) is 22.7 Å². The van der Waals surface area contributed by atoms with Gasteiger partial charge in [-0.05, 0) is 30.3 Å². The van der Waals surface area contributed by atoms with Gasteiger partial charge in [0.2, 0.25) is 5.71 Å². The fourth-order valence-corrected chi connectivity index (χ4v) is 1.65. The number of alkyl halides is 3. The molecule has 0 spiro atoms. The third-order valence-electron chi connectivity index (χ3n) is 2.76. The van der Waals surface area contributed by atoms with Crippen LogP contribution >= 0.6 is 0 Å². The maximum atomic E-state index is 12.8. The molecule has 2 aromatic rings. The van der Waals surface area contributed by atoms with E-state index in [1.165, 1.54) is 18.4 Å². The van der Waals surface area contributed by atoms with Crippen LogP contribution in [0.3, 0.4) is 0 Å². The van der Waals surface area contributed by atoms with E-state index >= 15 is 0 Å². The lowest BCUT2D eigenvalue weighted by molar-refractivity contribution is -0.137. The van der Waals surface area contributed by atoms with Gasteiger partial charge >= 0.3 is 6.18 Å². The van der Waals surface area contributed by atoms with Crippen LogP contribution in [0.4, 0.5) is 18.9 Å². The molecule has 1 heterocycles. The van der Waals surface area contributed by atoms with Gasteiger partial charge in [-0.2, -0.15) is 28.8 Å². The standard InChI is InChI=1S/C15H9F3N4O2/c16-15(17,18)10-3-4-14(24-9-12-2-1-5-23-12)13(6-10)22-21-11(7-19)8-20/h1-6,22H,9H2. The average Bonchev–Trinajstić information content (AvgIpc) is 3.07. The summed E-state index contributed by atoms with van der Waals surface area (Å²) in [6.07, 6.45) is -3.13. The molecule has 6 nitrogen and oxygen atoms in total. The predicted octanol–water partition coefficient (Wildman–Crippen LogP) is 3.69. The zero-order valence-electron chi connectivity index (χ0n) is 12.0. The Morgan fingerprint density at radius 3 is 2.58 bits per heavy atom. The minimum Gasteiger partial charge on any atom is -0.483 e. The van der Waals surface area contributed by atoms with E-state index in [2.05, 4.69) is 10.5 Å². The normalized spacial score (nSPS) is 10.4. The van der Waals surface area contributed by atoms with Gasteiger partial charge < -0.3 is 9.15 Å². The van der Waals surface area contributed by atoms with E-state index in [1.54, 1.807) is 12.1 Å². The molecule has 24 heavy (non-hydrogen) atoms. The van der Waals surface area contributed by atoms with Crippen LogP contribution in [0.15, 0.2) is 46.1 Å². The maximum absolute atomic E-state index is 12.8. The second kappa shape index (κ2) is 7.20. The summed E-state index contributed by atoms with van der Waals surface area (Å²) < 4.78 is 48.9. The molecule has 0 aliphatic rings. The van der Waals surface area contributed by atoms with Crippen LogP contribution in [0.25, 0.3) is 0 Å². The van der Waals surface area contributed by atoms with Crippen molar-refractivity contribution in [2.75, 3.05) is 5.43 Å². The highest BCUT2D eigenvalue weighted by Crippen LogP contribution is 2.35. The number of hydrazone groups is 1. The first-order chi connectivity index (χ1) is 11.4. The second-order valence-corrected chi connectivity index (χ2v) is 4.37. The number of ether oxygens (including phenoxy) is 1. The van der Waals surface area contributed by atoms with Crippen molar-refractivity contribution in [1.29, 1.82) is 10.5 Å². The van der Waals surface area contributed by atoms with Crippen LogP contribution in [-0.2, 0) is 12.8 Å². The Bertz CT molecular complexity index is 799. The van der Waals surface area contributed by atoms with Crippen molar-refractivity contribution in [3.05, 3.63) is 47.9 Å². The Morgan fingerprint density at radius 2 is 2.00 bits per heavy atom. The zero-order chi connectivity index (χ0) is 17.6. The van der Waals surface area contributed by atoms with Crippen molar-refractivity contribution in [3.63, 3.8) is 0 Å². The SMILES string of the molecule is N#CC(C#N)=NNc1cc(C(F)(F)F)ccc1OCc1ccco1. The van der Waals surface area contributed by atoms with E-state index < -0.39 is 17.5 Å². The molecule has 0 unspecified atom stereocenters. The Labute approximate surface area is 134 Å². The fraction of sp³-hybridized carbons (Fsp3) is 0.133. The Balaban J connectivity index is 2.29. The van der Waals surface area contributed by atoms with E-state index in [4.69, 9.17) is 19.7 Å². The summed E-state index contributed by atoms with van der Waals surface area (Å²) in [6.45, 7) is -0.0138. The molecule has 122 valence electrons. The monoisotopic (exact) mass is 334 g/mol. The molecule has 0 atom stereocenters. The third kappa shape index (κ3) is 4.27. The average molecular weight is 334 g/mol. The first kappa shape index (κ1) is 16.9. The largest absolute Gasteiger partial charge is 0.483 e. The van der Waals surface area contributed by atoms with Crippen LogP contribution in [-0.4, -0.2) is 5.71 Å². The van der Waals surface area contributed by atoms with Gasteiger partial charge in [-0.1, -0.05) is 0 Å². The summed E-state index contributed by atoms with van der Waals surface area (Å²) in [6, 6.07) is 8.99. The van der Waals surface area contributed by atoms with Gasteiger partial charge in [0.05, 0.1) is 17.5 Å². The highest BCUT2D eigenvalue weighted by atomic mass is 19.4. The first-order valence-corrected chi connectivity index (χ1v) is 6.44. The lowest BCUT2D eigenvalue weighted by atomic mass is 10.2. The molecule has 0 aliphatic heterocycles. The molecule has 0 bridgehead atoms. The number of rotatable bonds is 5. The van der Waals surface area contributed by atoms with Gasteiger partial charge in [0.1, 0.15) is 30.3 Å². The topological polar surface area (TPSA) is 94.3 Å². The number of anilines is 1. The van der Waals surface area contributed by atoms with E-state index in [9.17, 15) is 13.2 Å². The van der Waals surface area contributed by atoms with Crippen molar-refractivity contribution in [1.82, 2.24) is 0 Å². The van der Waals surface area contributed by atoms with Crippen molar-refractivity contribution in [2.24, 2.45) is 5.10 Å². The van der Waals surface area contributed by atoms with Gasteiger partial charge in [-0.15, -0.1) is 0 Å². The van der Waals surface area contributed by atoms with Gasteiger partial charge in [-0.25, -0.2) is 0 Å². The molecular weight excluding hydrogens is 325 g/mol. The second-order valence-electron chi connectivity index (χ2n) is 4.37. The number of hydrogen-bond acceptors (Lipinski definition) is 6. The summed E-state index contributed by atoms with van der Waals surface area (Å²) >= 11 is 0. The number of nitrogens with zero attached hydrogens (tertiary/aromatic N) is 3. The van der Waals surface area contributed by atoms with Crippen molar-refractivity contribution >= 4 is 11.4 Å². The smallest absolute Gasteiger partial charge is 0.416 e. The van der Waals surface area contributed by atoms with Gasteiger partial charge in [0.15, 0.2) is 0 Å². The van der Waals surface area contributed by atoms with Gasteiger partial charge in [-0.3, -0.25) is 5.43 Å². The number of benzene rings is 1. The summed E-state index contributed by atoms with van der Waals surface area (Å²) in [7, 11) is 0. The number of hydrogen-bond donors (Lipinski definition) is 1. The molecule has 0 amide bonds. The number of furan rings is 1. The quantitative estimate of drug-likeness (QED) is 0.664. The molecule has 1 aromatic carbocycles. The summed E-state index contributed by atoms with van der Waals surface area (Å²) in [5.74, 6) is 0.525. The number of nitrogens with one attached hydrogen (secondary N) is 1. The molecular formula is C15H9F3N4O2. The molecule has 2 rings (SSSR count). The molecule has 0 aliphatic carbocycles. The molecule has 1 aromatic heterocycles. The molecule has 0 saturated heterocycles. The first-order valence-electron chi connectivity index (χ1n) is 6.44. The Kier molecular flexibility index (Phi) is 5.07. The maximum Gasteiger partial charge on any atom is 0.416 e. The van der Waals surface area contributed by atoms with E-state index in [1.807, 2.05) is 0 Å². The number of nitriles is 2. The van der Waals surface area contributed by atoms with Crippen molar-refractivity contribution in [2.45, 2.75) is 12.8 Å². The predicted molar refractivity (Wildman–Crippen MR) is 76.8 cm³/mol. The molecule has 0 radical (unpaired) electrons. The molecule has 9 heteroatoms. The Hall–Kier alpha value is -3.46. The molecule has 0 fully saturated rings. The highest BCUT2D eigenvalue weighted by molar-refractivity contribution is 6.10.